The first-order valence-electron chi connectivity index (χ1n) is 9.77. The summed E-state index contributed by atoms with van der Waals surface area (Å²) in [5.41, 5.74) is 0.907. The minimum atomic E-state index is -0.794. The van der Waals surface area contributed by atoms with Crippen molar-refractivity contribution in [1.82, 2.24) is 0 Å². The van der Waals surface area contributed by atoms with Crippen molar-refractivity contribution in [2.75, 3.05) is 22.9 Å². The fraction of sp³-hybridized carbons (Fsp3) is 0.364. The van der Waals surface area contributed by atoms with Crippen LogP contribution in [0.15, 0.2) is 24.3 Å². The summed E-state index contributed by atoms with van der Waals surface area (Å²) < 4.78 is 55.3. The zero-order chi connectivity index (χ0) is 21.7. The maximum atomic E-state index is 14.0. The molecule has 8 heteroatoms. The third-order valence-electron chi connectivity index (χ3n) is 6.09. The van der Waals surface area contributed by atoms with Gasteiger partial charge in [0.15, 0.2) is 0 Å². The summed E-state index contributed by atoms with van der Waals surface area (Å²) in [6.07, 6.45) is 0.528. The van der Waals surface area contributed by atoms with Crippen LogP contribution in [0.4, 0.5) is 28.9 Å². The first-order chi connectivity index (χ1) is 14.2. The van der Waals surface area contributed by atoms with E-state index in [1.165, 1.54) is 9.80 Å². The number of benzene rings is 2. The van der Waals surface area contributed by atoms with Crippen molar-refractivity contribution in [2.45, 2.75) is 26.7 Å². The Morgan fingerprint density at radius 2 is 1.10 bits per heavy atom. The summed E-state index contributed by atoms with van der Waals surface area (Å²) in [5, 5.41) is 0. The average Bonchev–Trinajstić information content (AvgIpc) is 3.30. The van der Waals surface area contributed by atoms with Crippen LogP contribution in [-0.2, 0) is 22.4 Å². The fourth-order valence-corrected chi connectivity index (χ4v) is 4.22. The molecule has 2 atom stereocenters. The van der Waals surface area contributed by atoms with Gasteiger partial charge in [-0.25, -0.2) is 17.6 Å². The van der Waals surface area contributed by atoms with E-state index in [4.69, 9.17) is 0 Å². The molecular formula is C22H20F4N2O2. The number of hydrogen-bond acceptors (Lipinski definition) is 2. The lowest BCUT2D eigenvalue weighted by Gasteiger charge is -2.28. The van der Waals surface area contributed by atoms with Crippen molar-refractivity contribution in [2.24, 2.45) is 11.8 Å². The number of anilines is 2. The van der Waals surface area contributed by atoms with Crippen molar-refractivity contribution >= 4 is 23.2 Å². The van der Waals surface area contributed by atoms with Gasteiger partial charge in [-0.15, -0.1) is 0 Å². The Bertz CT molecular complexity index is 972. The molecular weight excluding hydrogens is 400 g/mol. The van der Waals surface area contributed by atoms with Gasteiger partial charge in [-0.1, -0.05) is 13.8 Å². The van der Waals surface area contributed by atoms with E-state index in [1.54, 1.807) is 13.8 Å². The molecule has 2 unspecified atom stereocenters. The fourth-order valence-electron chi connectivity index (χ4n) is 4.22. The number of rotatable bonds is 3. The molecule has 0 fully saturated rings. The second-order valence-corrected chi connectivity index (χ2v) is 7.83. The highest BCUT2D eigenvalue weighted by atomic mass is 19.1. The van der Waals surface area contributed by atoms with Crippen LogP contribution in [0.3, 0.4) is 0 Å². The van der Waals surface area contributed by atoms with Crippen molar-refractivity contribution in [1.29, 1.82) is 0 Å². The van der Waals surface area contributed by atoms with E-state index in [0.29, 0.717) is 0 Å². The van der Waals surface area contributed by atoms with E-state index < -0.39 is 46.9 Å². The summed E-state index contributed by atoms with van der Waals surface area (Å²) >= 11 is 0. The summed E-state index contributed by atoms with van der Waals surface area (Å²) in [6, 6.07) is 3.80. The lowest BCUT2D eigenvalue weighted by Crippen LogP contribution is -2.43. The smallest absolute Gasteiger partial charge is 0.230 e. The van der Waals surface area contributed by atoms with Gasteiger partial charge in [0, 0.05) is 48.2 Å². The molecule has 0 spiro atoms. The number of fused-ring (bicyclic) bond motifs is 2. The summed E-state index contributed by atoms with van der Waals surface area (Å²) in [7, 11) is 0. The van der Waals surface area contributed by atoms with Crippen LogP contribution in [-0.4, -0.2) is 24.9 Å². The monoisotopic (exact) mass is 420 g/mol. The van der Waals surface area contributed by atoms with Gasteiger partial charge < -0.3 is 9.80 Å². The Balaban J connectivity index is 1.55. The SMILES string of the molecule is CC(C(=O)N1CCc2c(F)cc(F)cc21)C(C)C(=O)N1CCc2c(F)cc(F)cc21. The van der Waals surface area contributed by atoms with Gasteiger partial charge in [-0.3, -0.25) is 9.59 Å². The van der Waals surface area contributed by atoms with Crippen LogP contribution < -0.4 is 9.80 Å². The Labute approximate surface area is 171 Å². The van der Waals surface area contributed by atoms with E-state index >= 15 is 0 Å². The van der Waals surface area contributed by atoms with Gasteiger partial charge in [-0.2, -0.15) is 0 Å². The molecule has 0 N–H and O–H groups in total. The molecule has 2 aliphatic rings. The second kappa shape index (κ2) is 7.41. The Morgan fingerprint density at radius 1 is 0.733 bits per heavy atom. The summed E-state index contributed by atoms with van der Waals surface area (Å²) in [5.74, 6) is -5.39. The highest BCUT2D eigenvalue weighted by molar-refractivity contribution is 6.03. The van der Waals surface area contributed by atoms with Gasteiger partial charge >= 0.3 is 0 Å². The molecule has 2 amide bonds. The van der Waals surface area contributed by atoms with Crippen LogP contribution in [0, 0.1) is 35.1 Å². The minimum Gasteiger partial charge on any atom is -0.311 e. The van der Waals surface area contributed by atoms with Gasteiger partial charge in [0.25, 0.3) is 0 Å². The van der Waals surface area contributed by atoms with Gasteiger partial charge in [0.2, 0.25) is 11.8 Å². The van der Waals surface area contributed by atoms with Crippen molar-refractivity contribution in [3.8, 4) is 0 Å². The molecule has 0 bridgehead atoms. The molecule has 158 valence electrons. The Hall–Kier alpha value is -2.90. The highest BCUT2D eigenvalue weighted by Crippen LogP contribution is 2.35. The van der Waals surface area contributed by atoms with Crippen LogP contribution in [0.5, 0.6) is 0 Å². The normalized spacial score (nSPS) is 17.0. The quantitative estimate of drug-likeness (QED) is 0.705. The van der Waals surface area contributed by atoms with E-state index in [2.05, 4.69) is 0 Å². The van der Waals surface area contributed by atoms with Crippen molar-refractivity contribution < 1.29 is 27.2 Å². The number of amides is 2. The molecule has 4 rings (SSSR count). The number of halogens is 4. The van der Waals surface area contributed by atoms with E-state index in [-0.39, 0.29) is 48.4 Å². The largest absolute Gasteiger partial charge is 0.311 e. The van der Waals surface area contributed by atoms with Crippen LogP contribution in [0.1, 0.15) is 25.0 Å². The van der Waals surface area contributed by atoms with Crippen LogP contribution in [0.2, 0.25) is 0 Å². The maximum absolute atomic E-state index is 14.0. The second-order valence-electron chi connectivity index (χ2n) is 7.83. The molecule has 0 aromatic heterocycles. The van der Waals surface area contributed by atoms with E-state index in [0.717, 1.165) is 24.3 Å². The third-order valence-corrected chi connectivity index (χ3v) is 6.09. The molecule has 4 nitrogen and oxygen atoms in total. The van der Waals surface area contributed by atoms with Gasteiger partial charge in [0.1, 0.15) is 23.3 Å². The molecule has 30 heavy (non-hydrogen) atoms. The summed E-state index contributed by atoms with van der Waals surface area (Å²) in [6.45, 7) is 3.54. The molecule has 0 aliphatic carbocycles. The lowest BCUT2D eigenvalue weighted by molar-refractivity contribution is -0.130. The standard InChI is InChI=1S/C22H20F4N2O2/c1-11(21(29)27-5-3-15-17(25)7-13(23)9-19(15)27)12(2)22(30)28-6-4-16-18(26)8-14(24)10-20(16)28/h7-12H,3-6H2,1-2H3. The minimum absolute atomic E-state index is 0.180. The summed E-state index contributed by atoms with van der Waals surface area (Å²) in [4.78, 5) is 28.7. The predicted octanol–water partition coefficient (Wildman–Crippen LogP) is 3.99. The van der Waals surface area contributed by atoms with E-state index in [1.807, 2.05) is 0 Å². The molecule has 0 radical (unpaired) electrons. The molecule has 2 aromatic rings. The molecule has 0 saturated heterocycles. The van der Waals surface area contributed by atoms with Crippen LogP contribution >= 0.6 is 0 Å². The lowest BCUT2D eigenvalue weighted by atomic mass is 9.93. The highest BCUT2D eigenvalue weighted by Gasteiger charge is 2.38. The third kappa shape index (κ3) is 3.24. The first-order valence-corrected chi connectivity index (χ1v) is 9.77. The van der Waals surface area contributed by atoms with Gasteiger partial charge in [-0.05, 0) is 25.0 Å². The Morgan fingerprint density at radius 3 is 1.47 bits per heavy atom. The zero-order valence-corrected chi connectivity index (χ0v) is 16.5. The van der Waals surface area contributed by atoms with Crippen molar-refractivity contribution in [3.05, 3.63) is 58.7 Å². The Kier molecular flexibility index (Phi) is 5.03. The number of hydrogen-bond donors (Lipinski definition) is 0. The maximum Gasteiger partial charge on any atom is 0.230 e. The first kappa shape index (κ1) is 20.4. The molecule has 2 aromatic carbocycles. The predicted molar refractivity (Wildman–Crippen MR) is 103 cm³/mol. The number of carbonyl (C=O) groups excluding carboxylic acids is 2. The average molecular weight is 420 g/mol. The number of nitrogens with zero attached hydrogens (tertiary/aromatic N) is 2. The molecule has 2 heterocycles. The molecule has 0 saturated carbocycles. The van der Waals surface area contributed by atoms with E-state index in [9.17, 15) is 27.2 Å². The zero-order valence-electron chi connectivity index (χ0n) is 16.5. The topological polar surface area (TPSA) is 40.6 Å². The van der Waals surface area contributed by atoms with Crippen molar-refractivity contribution in [3.63, 3.8) is 0 Å². The van der Waals surface area contributed by atoms with Gasteiger partial charge in [0.05, 0.1) is 11.4 Å². The van der Waals surface area contributed by atoms with Crippen LogP contribution in [0.25, 0.3) is 0 Å². The number of carbonyl (C=O) groups is 2. The molecule has 2 aliphatic heterocycles.